The standard InChI is InChI=1S/C24H31N3O2/c1-26(2)23-11-12-27(16-18(23)6-5-13-28)24(29)15-17-9-10-22-20(14-17)19-7-3-4-8-21(19)25-22/h3-4,7-10,14,18,23,25,28H,5-6,11-13,15-16H2,1-2H3/t18-,23+/m0/s1. The van der Waals surface area contributed by atoms with Crippen LogP contribution in [-0.4, -0.2) is 65.6 Å². The average molecular weight is 394 g/mol. The number of carbonyl (C=O) groups is 1. The minimum Gasteiger partial charge on any atom is -0.396 e. The molecule has 1 aromatic heterocycles. The van der Waals surface area contributed by atoms with E-state index < -0.39 is 0 Å². The topological polar surface area (TPSA) is 59.6 Å². The summed E-state index contributed by atoms with van der Waals surface area (Å²) in [6.45, 7) is 1.82. The zero-order chi connectivity index (χ0) is 20.4. The fourth-order valence-electron chi connectivity index (χ4n) is 4.86. The number of rotatable bonds is 6. The summed E-state index contributed by atoms with van der Waals surface area (Å²) in [5, 5.41) is 11.6. The number of piperidine rings is 1. The van der Waals surface area contributed by atoms with Crippen molar-refractivity contribution in [3.8, 4) is 0 Å². The summed E-state index contributed by atoms with van der Waals surface area (Å²) in [5.41, 5.74) is 3.30. The fourth-order valence-corrected chi connectivity index (χ4v) is 4.86. The third kappa shape index (κ3) is 4.16. The molecule has 1 aliphatic rings. The van der Waals surface area contributed by atoms with Gasteiger partial charge >= 0.3 is 0 Å². The number of aromatic nitrogens is 1. The third-order valence-electron chi connectivity index (χ3n) is 6.37. The predicted octanol–water partition coefficient (Wildman–Crippen LogP) is 3.41. The summed E-state index contributed by atoms with van der Waals surface area (Å²) < 4.78 is 0. The number of nitrogens with one attached hydrogen (secondary N) is 1. The first kappa shape index (κ1) is 19.9. The number of H-pyrrole nitrogens is 1. The van der Waals surface area contributed by atoms with E-state index in [2.05, 4.69) is 60.4 Å². The Hall–Kier alpha value is -2.37. The molecule has 2 atom stereocenters. The molecule has 29 heavy (non-hydrogen) atoms. The number of fused-ring (bicyclic) bond motifs is 3. The van der Waals surface area contributed by atoms with Crippen LogP contribution in [0.2, 0.25) is 0 Å². The second-order valence-corrected chi connectivity index (χ2v) is 8.51. The zero-order valence-corrected chi connectivity index (χ0v) is 17.4. The molecule has 1 fully saturated rings. The fraction of sp³-hybridized carbons (Fsp3) is 0.458. The average Bonchev–Trinajstić information content (AvgIpc) is 3.10. The Morgan fingerprint density at radius 2 is 1.97 bits per heavy atom. The van der Waals surface area contributed by atoms with Crippen molar-refractivity contribution in [1.82, 2.24) is 14.8 Å². The van der Waals surface area contributed by atoms with Crippen LogP contribution < -0.4 is 0 Å². The molecule has 0 spiro atoms. The van der Waals surface area contributed by atoms with E-state index in [0.717, 1.165) is 48.9 Å². The van der Waals surface area contributed by atoms with E-state index in [1.54, 1.807) is 0 Å². The molecule has 0 bridgehead atoms. The van der Waals surface area contributed by atoms with Crippen molar-refractivity contribution in [3.63, 3.8) is 0 Å². The Balaban J connectivity index is 1.49. The predicted molar refractivity (Wildman–Crippen MR) is 118 cm³/mol. The first-order chi connectivity index (χ1) is 14.1. The quantitative estimate of drug-likeness (QED) is 0.675. The molecule has 4 rings (SSSR count). The van der Waals surface area contributed by atoms with Gasteiger partial charge in [0.05, 0.1) is 6.42 Å². The summed E-state index contributed by atoms with van der Waals surface area (Å²) >= 11 is 0. The lowest BCUT2D eigenvalue weighted by molar-refractivity contribution is -0.133. The lowest BCUT2D eigenvalue weighted by atomic mass is 9.87. The lowest BCUT2D eigenvalue weighted by Gasteiger charge is -2.41. The molecule has 154 valence electrons. The first-order valence-corrected chi connectivity index (χ1v) is 10.6. The molecule has 1 saturated heterocycles. The van der Waals surface area contributed by atoms with E-state index in [0.29, 0.717) is 18.4 Å². The van der Waals surface area contributed by atoms with E-state index in [1.165, 1.54) is 10.8 Å². The molecule has 0 radical (unpaired) electrons. The molecule has 0 aliphatic carbocycles. The number of hydrogen-bond donors (Lipinski definition) is 2. The Morgan fingerprint density at radius 3 is 2.76 bits per heavy atom. The number of aliphatic hydroxyl groups excluding tert-OH is 1. The lowest BCUT2D eigenvalue weighted by Crippen LogP contribution is -2.51. The second-order valence-electron chi connectivity index (χ2n) is 8.51. The van der Waals surface area contributed by atoms with E-state index in [4.69, 9.17) is 0 Å². The number of amides is 1. The first-order valence-electron chi connectivity index (χ1n) is 10.6. The highest BCUT2D eigenvalue weighted by molar-refractivity contribution is 6.07. The Bertz CT molecular complexity index is 994. The van der Waals surface area contributed by atoms with Gasteiger partial charge in [0.1, 0.15) is 0 Å². The van der Waals surface area contributed by atoms with Gasteiger partial charge in [-0.15, -0.1) is 0 Å². The minimum atomic E-state index is 0.204. The van der Waals surface area contributed by atoms with Gasteiger partial charge in [0.25, 0.3) is 0 Å². The summed E-state index contributed by atoms with van der Waals surface area (Å²) in [4.78, 5) is 20.8. The Kier molecular flexibility index (Phi) is 5.88. The molecule has 0 unspecified atom stereocenters. The van der Waals surface area contributed by atoms with Crippen LogP contribution in [0.15, 0.2) is 42.5 Å². The van der Waals surface area contributed by atoms with Gasteiger partial charge in [0.15, 0.2) is 0 Å². The van der Waals surface area contributed by atoms with Gasteiger partial charge < -0.3 is 19.9 Å². The molecular weight excluding hydrogens is 362 g/mol. The van der Waals surface area contributed by atoms with Crippen LogP contribution in [-0.2, 0) is 11.2 Å². The summed E-state index contributed by atoms with van der Waals surface area (Å²) in [5.74, 6) is 0.626. The Morgan fingerprint density at radius 1 is 1.17 bits per heavy atom. The number of likely N-dealkylation sites (tertiary alicyclic amines) is 1. The second kappa shape index (κ2) is 8.56. The van der Waals surface area contributed by atoms with Crippen molar-refractivity contribution in [2.75, 3.05) is 33.8 Å². The van der Waals surface area contributed by atoms with Crippen molar-refractivity contribution in [1.29, 1.82) is 0 Å². The van der Waals surface area contributed by atoms with Crippen LogP contribution in [0.3, 0.4) is 0 Å². The number of benzene rings is 2. The maximum Gasteiger partial charge on any atom is 0.227 e. The molecule has 1 amide bonds. The van der Waals surface area contributed by atoms with Crippen molar-refractivity contribution in [3.05, 3.63) is 48.0 Å². The number of aliphatic hydroxyl groups is 1. The van der Waals surface area contributed by atoms with Gasteiger partial charge in [-0.25, -0.2) is 0 Å². The molecule has 1 aliphatic heterocycles. The van der Waals surface area contributed by atoms with Crippen molar-refractivity contribution >= 4 is 27.7 Å². The molecule has 5 heteroatoms. The number of hydrogen-bond acceptors (Lipinski definition) is 3. The van der Waals surface area contributed by atoms with Crippen molar-refractivity contribution in [2.24, 2.45) is 5.92 Å². The summed E-state index contributed by atoms with van der Waals surface area (Å²) in [6, 6.07) is 15.1. The molecular formula is C24H31N3O2. The largest absolute Gasteiger partial charge is 0.396 e. The highest BCUT2D eigenvalue weighted by Crippen LogP contribution is 2.28. The van der Waals surface area contributed by atoms with Gasteiger partial charge in [0.2, 0.25) is 5.91 Å². The van der Waals surface area contributed by atoms with E-state index in [9.17, 15) is 9.90 Å². The minimum absolute atomic E-state index is 0.204. The van der Waals surface area contributed by atoms with Crippen LogP contribution in [0.5, 0.6) is 0 Å². The van der Waals surface area contributed by atoms with Crippen molar-refractivity contribution < 1.29 is 9.90 Å². The molecule has 0 saturated carbocycles. The van der Waals surface area contributed by atoms with Crippen LogP contribution in [0.4, 0.5) is 0 Å². The van der Waals surface area contributed by atoms with Crippen LogP contribution in [0.25, 0.3) is 21.8 Å². The molecule has 2 aromatic carbocycles. The van der Waals surface area contributed by atoms with E-state index in [1.807, 2.05) is 11.0 Å². The van der Waals surface area contributed by atoms with Gasteiger partial charge in [0, 0.05) is 47.5 Å². The number of aromatic amines is 1. The van der Waals surface area contributed by atoms with Gasteiger partial charge in [-0.3, -0.25) is 4.79 Å². The number of nitrogens with zero attached hydrogens (tertiary/aromatic N) is 2. The van der Waals surface area contributed by atoms with Crippen molar-refractivity contribution in [2.45, 2.75) is 31.7 Å². The van der Waals surface area contributed by atoms with Crippen LogP contribution in [0, 0.1) is 5.92 Å². The van der Waals surface area contributed by atoms with Gasteiger partial charge in [-0.1, -0.05) is 24.3 Å². The highest BCUT2D eigenvalue weighted by Gasteiger charge is 2.32. The molecule has 3 aromatic rings. The van der Waals surface area contributed by atoms with Crippen LogP contribution >= 0.6 is 0 Å². The molecule has 5 nitrogen and oxygen atoms in total. The monoisotopic (exact) mass is 393 g/mol. The maximum atomic E-state index is 13.1. The van der Waals surface area contributed by atoms with Gasteiger partial charge in [-0.05, 0) is 63.0 Å². The molecule has 2 heterocycles. The Labute approximate surface area is 172 Å². The van der Waals surface area contributed by atoms with Crippen LogP contribution in [0.1, 0.15) is 24.8 Å². The highest BCUT2D eigenvalue weighted by atomic mass is 16.3. The molecule has 2 N–H and O–H groups in total. The van der Waals surface area contributed by atoms with E-state index in [-0.39, 0.29) is 12.5 Å². The zero-order valence-electron chi connectivity index (χ0n) is 17.4. The smallest absolute Gasteiger partial charge is 0.227 e. The van der Waals surface area contributed by atoms with Gasteiger partial charge in [-0.2, -0.15) is 0 Å². The van der Waals surface area contributed by atoms with E-state index >= 15 is 0 Å². The SMILES string of the molecule is CN(C)[C@@H]1CCN(C(=O)Cc2ccc3[nH]c4ccccc4c3c2)C[C@@H]1CCCO. The normalized spacial score (nSPS) is 20.1. The summed E-state index contributed by atoms with van der Waals surface area (Å²) in [7, 11) is 4.23. The number of para-hydroxylation sites is 1. The summed E-state index contributed by atoms with van der Waals surface area (Å²) in [6.07, 6.45) is 3.20. The maximum absolute atomic E-state index is 13.1. The number of carbonyl (C=O) groups excluding carboxylic acids is 1. The third-order valence-corrected chi connectivity index (χ3v) is 6.37.